The van der Waals surface area contributed by atoms with Crippen LogP contribution < -0.4 is 5.73 Å². The first-order valence-corrected chi connectivity index (χ1v) is 8.42. The predicted molar refractivity (Wildman–Crippen MR) is 75.8 cm³/mol. The Kier molecular flexibility index (Phi) is 4.18. The topological polar surface area (TPSA) is 69.4 Å². The van der Waals surface area contributed by atoms with E-state index in [4.69, 9.17) is 10.5 Å². The average Bonchev–Trinajstić information content (AvgIpc) is 3.04. The van der Waals surface area contributed by atoms with Gasteiger partial charge in [0, 0.05) is 18.3 Å². The van der Waals surface area contributed by atoms with Crippen molar-refractivity contribution in [3.05, 3.63) is 35.6 Å². The fourth-order valence-corrected chi connectivity index (χ4v) is 4.77. The fraction of sp³-hybridized carbons (Fsp3) is 0.571. The molecule has 1 aromatic carbocycles. The van der Waals surface area contributed by atoms with Crippen molar-refractivity contribution >= 4 is 9.84 Å². The number of hydrogen-bond acceptors (Lipinski definition) is 4. The second-order valence-corrected chi connectivity index (χ2v) is 7.57. The quantitative estimate of drug-likeness (QED) is 0.863. The zero-order valence-electron chi connectivity index (χ0n) is 11.7. The molecule has 0 saturated heterocycles. The van der Waals surface area contributed by atoms with Crippen LogP contribution in [-0.4, -0.2) is 38.2 Å². The first kappa shape index (κ1) is 15.4. The van der Waals surface area contributed by atoms with Gasteiger partial charge in [-0.05, 0) is 24.6 Å². The van der Waals surface area contributed by atoms with Gasteiger partial charge in [-0.25, -0.2) is 12.8 Å². The van der Waals surface area contributed by atoms with Gasteiger partial charge in [0.2, 0.25) is 0 Å². The highest BCUT2D eigenvalue weighted by Gasteiger charge is 2.68. The Labute approximate surface area is 119 Å². The summed E-state index contributed by atoms with van der Waals surface area (Å²) in [6, 6.07) is 5.96. The van der Waals surface area contributed by atoms with Crippen LogP contribution >= 0.6 is 0 Å². The zero-order chi connectivity index (χ0) is 15.0. The van der Waals surface area contributed by atoms with Crippen LogP contribution in [0.5, 0.6) is 0 Å². The third kappa shape index (κ3) is 2.60. The van der Waals surface area contributed by atoms with Gasteiger partial charge in [0.1, 0.15) is 5.82 Å². The Morgan fingerprint density at radius 3 is 2.65 bits per heavy atom. The van der Waals surface area contributed by atoms with E-state index in [1.165, 1.54) is 12.1 Å². The second kappa shape index (κ2) is 5.42. The van der Waals surface area contributed by atoms with Crippen LogP contribution in [0.15, 0.2) is 24.3 Å². The molecule has 0 radical (unpaired) electrons. The molecule has 0 spiro atoms. The predicted octanol–water partition coefficient (Wildman–Crippen LogP) is 1.46. The number of benzene rings is 1. The van der Waals surface area contributed by atoms with Crippen LogP contribution in [-0.2, 0) is 14.6 Å². The summed E-state index contributed by atoms with van der Waals surface area (Å²) in [5, 5.41) is -0.701. The molecule has 6 heteroatoms. The molecule has 0 amide bonds. The first-order chi connectivity index (χ1) is 9.36. The summed E-state index contributed by atoms with van der Waals surface area (Å²) in [4.78, 5) is 0. The lowest BCUT2D eigenvalue weighted by Crippen LogP contribution is -2.36. The monoisotopic (exact) mass is 301 g/mol. The van der Waals surface area contributed by atoms with E-state index in [0.717, 1.165) is 0 Å². The number of sulfone groups is 1. The van der Waals surface area contributed by atoms with E-state index in [-0.39, 0.29) is 18.2 Å². The molecule has 112 valence electrons. The van der Waals surface area contributed by atoms with E-state index < -0.39 is 26.5 Å². The molecule has 1 aliphatic carbocycles. The molecule has 0 bridgehead atoms. The lowest BCUT2D eigenvalue weighted by Gasteiger charge is -2.12. The van der Waals surface area contributed by atoms with Crippen molar-refractivity contribution in [1.82, 2.24) is 0 Å². The van der Waals surface area contributed by atoms with Gasteiger partial charge in [-0.2, -0.15) is 0 Å². The molecule has 3 atom stereocenters. The van der Waals surface area contributed by atoms with Gasteiger partial charge in [-0.15, -0.1) is 0 Å². The number of nitrogens with two attached hydrogens (primary N) is 1. The maximum Gasteiger partial charge on any atom is 0.155 e. The molecule has 0 unspecified atom stereocenters. The van der Waals surface area contributed by atoms with Gasteiger partial charge in [0.05, 0.1) is 17.4 Å². The van der Waals surface area contributed by atoms with E-state index >= 15 is 0 Å². The highest BCUT2D eigenvalue weighted by Crippen LogP contribution is 2.54. The van der Waals surface area contributed by atoms with E-state index in [1.807, 2.05) is 6.92 Å². The number of hydrogen-bond donors (Lipinski definition) is 1. The van der Waals surface area contributed by atoms with E-state index in [1.54, 1.807) is 19.1 Å². The third-order valence-electron chi connectivity index (χ3n) is 3.86. The smallest absolute Gasteiger partial charge is 0.155 e. The van der Waals surface area contributed by atoms with Crippen LogP contribution in [0, 0.1) is 5.82 Å². The van der Waals surface area contributed by atoms with Crippen LogP contribution in [0.3, 0.4) is 0 Å². The number of rotatable bonds is 6. The van der Waals surface area contributed by atoms with Crippen LogP contribution in [0.1, 0.15) is 25.3 Å². The lowest BCUT2D eigenvalue weighted by atomic mass is 10.1. The molecule has 2 N–H and O–H groups in total. The molecule has 20 heavy (non-hydrogen) atoms. The summed E-state index contributed by atoms with van der Waals surface area (Å²) < 4.78 is 43.0. The minimum atomic E-state index is -3.30. The Hall–Kier alpha value is -0.980. The highest BCUT2D eigenvalue weighted by atomic mass is 32.2. The van der Waals surface area contributed by atoms with Gasteiger partial charge in [0.15, 0.2) is 9.84 Å². The molecular weight excluding hydrogens is 281 g/mol. The van der Waals surface area contributed by atoms with E-state index in [2.05, 4.69) is 0 Å². The van der Waals surface area contributed by atoms with Crippen LogP contribution in [0.4, 0.5) is 4.39 Å². The summed E-state index contributed by atoms with van der Waals surface area (Å²) in [6.45, 7) is 4.05. The SMILES string of the molecule is CCOC[C@@]1(N)[C@H](S(=O)(=O)CC)[C@@H]1c1cccc(F)c1. The van der Waals surface area contributed by atoms with Crippen molar-refractivity contribution in [2.75, 3.05) is 19.0 Å². The minimum Gasteiger partial charge on any atom is -0.380 e. The minimum absolute atomic E-state index is 0.0224. The second-order valence-electron chi connectivity index (χ2n) is 5.15. The molecule has 1 aromatic rings. The Morgan fingerprint density at radius 1 is 1.40 bits per heavy atom. The van der Waals surface area contributed by atoms with Crippen molar-refractivity contribution in [3.63, 3.8) is 0 Å². The average molecular weight is 301 g/mol. The summed E-state index contributed by atoms with van der Waals surface area (Å²) in [5.74, 6) is -0.773. The molecule has 2 rings (SSSR count). The van der Waals surface area contributed by atoms with Gasteiger partial charge >= 0.3 is 0 Å². The molecule has 1 fully saturated rings. The lowest BCUT2D eigenvalue weighted by molar-refractivity contribution is 0.125. The maximum atomic E-state index is 13.3. The van der Waals surface area contributed by atoms with Gasteiger partial charge in [0.25, 0.3) is 0 Å². The molecule has 0 aliphatic heterocycles. The van der Waals surface area contributed by atoms with Gasteiger partial charge < -0.3 is 10.5 Å². The van der Waals surface area contributed by atoms with Crippen molar-refractivity contribution in [2.45, 2.75) is 30.6 Å². The highest BCUT2D eigenvalue weighted by molar-refractivity contribution is 7.92. The summed E-state index contributed by atoms with van der Waals surface area (Å²) in [7, 11) is -3.30. The molecule has 0 aromatic heterocycles. The zero-order valence-corrected chi connectivity index (χ0v) is 12.5. The third-order valence-corrected chi connectivity index (χ3v) is 6.15. The van der Waals surface area contributed by atoms with Crippen LogP contribution in [0.25, 0.3) is 0 Å². The van der Waals surface area contributed by atoms with Crippen molar-refractivity contribution in [3.8, 4) is 0 Å². The first-order valence-electron chi connectivity index (χ1n) is 6.70. The Morgan fingerprint density at radius 2 is 2.10 bits per heavy atom. The number of halogens is 1. The molecule has 0 heterocycles. The summed E-state index contributed by atoms with van der Waals surface area (Å²) in [6.07, 6.45) is 0. The van der Waals surface area contributed by atoms with Crippen molar-refractivity contribution < 1.29 is 17.5 Å². The Balaban J connectivity index is 2.35. The van der Waals surface area contributed by atoms with Crippen molar-refractivity contribution in [2.24, 2.45) is 5.73 Å². The largest absolute Gasteiger partial charge is 0.380 e. The van der Waals surface area contributed by atoms with E-state index in [9.17, 15) is 12.8 Å². The molecule has 1 aliphatic rings. The normalized spacial score (nSPS) is 29.4. The molecule has 4 nitrogen and oxygen atoms in total. The molecular formula is C14H20FNO3S. The van der Waals surface area contributed by atoms with E-state index in [0.29, 0.717) is 12.2 Å². The van der Waals surface area contributed by atoms with Gasteiger partial charge in [-0.3, -0.25) is 0 Å². The van der Waals surface area contributed by atoms with Crippen molar-refractivity contribution in [1.29, 1.82) is 0 Å². The standard InChI is InChI=1S/C14H20FNO3S/c1-3-19-9-14(16)12(13(14)20(17,18)4-2)10-6-5-7-11(15)8-10/h5-8,12-13H,3-4,9,16H2,1-2H3/t12-,13+,14-/m0/s1. The molecule has 1 saturated carbocycles. The maximum absolute atomic E-state index is 13.3. The summed E-state index contributed by atoms with van der Waals surface area (Å²) in [5.41, 5.74) is 5.90. The Bertz CT molecular complexity index is 590. The van der Waals surface area contributed by atoms with Crippen LogP contribution in [0.2, 0.25) is 0 Å². The fourth-order valence-electron chi connectivity index (χ4n) is 2.78. The summed E-state index contributed by atoms with van der Waals surface area (Å²) >= 11 is 0. The number of ether oxygens (including phenoxy) is 1. The van der Waals surface area contributed by atoms with Gasteiger partial charge in [-0.1, -0.05) is 19.1 Å².